The minimum absolute atomic E-state index is 0.0345. The van der Waals surface area contributed by atoms with Crippen molar-refractivity contribution in [1.82, 2.24) is 30.4 Å². The van der Waals surface area contributed by atoms with Crippen LogP contribution in [-0.4, -0.2) is 50.1 Å². The van der Waals surface area contributed by atoms with Crippen molar-refractivity contribution in [1.29, 1.82) is 0 Å². The van der Waals surface area contributed by atoms with Gasteiger partial charge in [0.1, 0.15) is 12.4 Å². The third-order valence-electron chi connectivity index (χ3n) is 5.36. The highest BCUT2D eigenvalue weighted by Crippen LogP contribution is 2.17. The minimum Gasteiger partial charge on any atom is -0.350 e. The summed E-state index contributed by atoms with van der Waals surface area (Å²) < 4.78 is 1.55. The molecular weight excluding hydrogens is 364 g/mol. The van der Waals surface area contributed by atoms with E-state index >= 15 is 0 Å². The first-order valence-electron chi connectivity index (χ1n) is 10.1. The second kappa shape index (κ2) is 9.43. The predicted octanol–water partition coefficient (Wildman–Crippen LogP) is 2.24. The molecule has 0 radical (unpaired) electrons. The summed E-state index contributed by atoms with van der Waals surface area (Å²) in [6.45, 7) is 2.82. The van der Waals surface area contributed by atoms with Gasteiger partial charge >= 0.3 is 0 Å². The molecule has 1 N–H and O–H groups in total. The fourth-order valence-electron chi connectivity index (χ4n) is 3.91. The number of nitrogens with one attached hydrogen (secondary N) is 1. The summed E-state index contributed by atoms with van der Waals surface area (Å²) in [5.41, 5.74) is 2.38. The maximum absolute atomic E-state index is 13.1. The van der Waals surface area contributed by atoms with Gasteiger partial charge in [-0.1, -0.05) is 60.7 Å². The molecule has 3 aromatic rings. The van der Waals surface area contributed by atoms with Gasteiger partial charge in [-0.3, -0.25) is 9.69 Å². The zero-order valence-electron chi connectivity index (χ0n) is 16.4. The standard InChI is InChI=1S/C22H26N6O/c29-22(21(28-17-23-25-26-28)14-18-8-3-1-4-9-18)24-20-12-7-13-27(16-20)15-19-10-5-2-6-11-19/h1-6,8-11,17,20-21H,7,12-16H2,(H,24,29)/t20-,21-/m1/s1. The van der Waals surface area contributed by atoms with E-state index in [0.717, 1.165) is 38.0 Å². The van der Waals surface area contributed by atoms with Crippen molar-refractivity contribution in [3.8, 4) is 0 Å². The topological polar surface area (TPSA) is 75.9 Å². The van der Waals surface area contributed by atoms with Crippen LogP contribution >= 0.6 is 0 Å². The molecule has 0 bridgehead atoms. The average Bonchev–Trinajstić information content (AvgIpc) is 3.28. The molecule has 0 saturated carbocycles. The number of nitrogens with zero attached hydrogens (tertiary/aromatic N) is 5. The van der Waals surface area contributed by atoms with Gasteiger partial charge in [-0.2, -0.15) is 0 Å². The van der Waals surface area contributed by atoms with Gasteiger partial charge in [0.2, 0.25) is 5.91 Å². The number of hydrogen-bond donors (Lipinski definition) is 1. The first-order chi connectivity index (χ1) is 14.3. The van der Waals surface area contributed by atoms with Crippen LogP contribution in [0.2, 0.25) is 0 Å². The maximum Gasteiger partial charge on any atom is 0.245 e. The number of likely N-dealkylation sites (tertiary alicyclic amines) is 1. The van der Waals surface area contributed by atoms with Crippen LogP contribution < -0.4 is 5.32 Å². The Morgan fingerprint density at radius 3 is 2.48 bits per heavy atom. The van der Waals surface area contributed by atoms with Crippen LogP contribution in [0.4, 0.5) is 0 Å². The Hall–Kier alpha value is -3.06. The van der Waals surface area contributed by atoms with Crippen LogP contribution in [0.5, 0.6) is 0 Å². The highest BCUT2D eigenvalue weighted by Gasteiger charge is 2.27. The van der Waals surface area contributed by atoms with E-state index in [1.807, 2.05) is 36.4 Å². The van der Waals surface area contributed by atoms with Gasteiger partial charge in [0, 0.05) is 25.6 Å². The Bertz CT molecular complexity index is 884. The van der Waals surface area contributed by atoms with Gasteiger partial charge in [-0.15, -0.1) is 5.10 Å². The van der Waals surface area contributed by atoms with Gasteiger partial charge < -0.3 is 5.32 Å². The van der Waals surface area contributed by atoms with Crippen LogP contribution in [0.3, 0.4) is 0 Å². The van der Waals surface area contributed by atoms with Crippen LogP contribution in [0, 0.1) is 0 Å². The van der Waals surface area contributed by atoms with Gasteiger partial charge in [-0.25, -0.2) is 4.68 Å². The van der Waals surface area contributed by atoms with Gasteiger partial charge in [0.05, 0.1) is 0 Å². The third-order valence-corrected chi connectivity index (χ3v) is 5.36. The van der Waals surface area contributed by atoms with Crippen LogP contribution in [0.15, 0.2) is 67.0 Å². The van der Waals surface area contributed by atoms with Crippen molar-refractivity contribution in [3.05, 3.63) is 78.1 Å². The third kappa shape index (κ3) is 5.26. The van der Waals surface area contributed by atoms with Gasteiger partial charge in [0.15, 0.2) is 0 Å². The molecular formula is C22H26N6O. The highest BCUT2D eigenvalue weighted by molar-refractivity contribution is 5.80. The summed E-state index contributed by atoms with van der Waals surface area (Å²) in [4.78, 5) is 15.5. The molecule has 0 unspecified atom stereocenters. The normalized spacial score (nSPS) is 18.3. The number of aromatic nitrogens is 4. The molecule has 1 amide bonds. The highest BCUT2D eigenvalue weighted by atomic mass is 16.2. The van der Waals surface area contributed by atoms with E-state index in [9.17, 15) is 4.79 Å². The molecule has 1 fully saturated rings. The molecule has 1 saturated heterocycles. The second-order valence-electron chi connectivity index (χ2n) is 7.56. The Balaban J connectivity index is 1.40. The second-order valence-corrected chi connectivity index (χ2v) is 7.56. The first-order valence-corrected chi connectivity index (χ1v) is 10.1. The molecule has 1 aromatic heterocycles. The van der Waals surface area contributed by atoms with E-state index in [2.05, 4.69) is 50.0 Å². The van der Waals surface area contributed by atoms with E-state index in [1.165, 1.54) is 11.9 Å². The fraction of sp³-hybridized carbons (Fsp3) is 0.364. The number of rotatable bonds is 7. The number of hydrogen-bond acceptors (Lipinski definition) is 5. The van der Waals surface area contributed by atoms with Crippen molar-refractivity contribution >= 4 is 5.91 Å². The van der Waals surface area contributed by atoms with E-state index in [1.54, 1.807) is 4.68 Å². The largest absolute Gasteiger partial charge is 0.350 e. The lowest BCUT2D eigenvalue weighted by Crippen LogP contribution is -2.49. The molecule has 7 heteroatoms. The number of carbonyl (C=O) groups excluding carboxylic acids is 1. The molecule has 0 aliphatic carbocycles. The maximum atomic E-state index is 13.1. The number of carbonyl (C=O) groups is 1. The average molecular weight is 390 g/mol. The Morgan fingerprint density at radius 2 is 1.79 bits per heavy atom. The smallest absolute Gasteiger partial charge is 0.245 e. The summed E-state index contributed by atoms with van der Waals surface area (Å²) in [6.07, 6.45) is 4.13. The van der Waals surface area contributed by atoms with Gasteiger partial charge in [0.25, 0.3) is 0 Å². The fourth-order valence-corrected chi connectivity index (χ4v) is 3.91. The Kier molecular flexibility index (Phi) is 6.26. The Morgan fingerprint density at radius 1 is 1.07 bits per heavy atom. The number of tetrazole rings is 1. The van der Waals surface area contributed by atoms with Crippen LogP contribution in [-0.2, 0) is 17.8 Å². The molecule has 1 aliphatic heterocycles. The number of benzene rings is 2. The lowest BCUT2D eigenvalue weighted by Gasteiger charge is -2.34. The molecule has 0 spiro atoms. The molecule has 1 aliphatic rings. The van der Waals surface area contributed by atoms with Crippen LogP contribution in [0.1, 0.15) is 30.0 Å². The summed E-state index contributed by atoms with van der Waals surface area (Å²) in [6, 6.07) is 20.1. The molecule has 150 valence electrons. The van der Waals surface area contributed by atoms with E-state index in [-0.39, 0.29) is 11.9 Å². The lowest BCUT2D eigenvalue weighted by molar-refractivity contribution is -0.125. The quantitative estimate of drug-likeness (QED) is 0.670. The molecule has 2 aromatic carbocycles. The van der Waals surface area contributed by atoms with E-state index in [4.69, 9.17) is 0 Å². The van der Waals surface area contributed by atoms with Crippen molar-refractivity contribution in [2.24, 2.45) is 0 Å². The predicted molar refractivity (Wildman–Crippen MR) is 110 cm³/mol. The summed E-state index contributed by atoms with van der Waals surface area (Å²) >= 11 is 0. The molecule has 4 rings (SSSR count). The van der Waals surface area contributed by atoms with Crippen molar-refractivity contribution < 1.29 is 4.79 Å². The molecule has 2 atom stereocenters. The summed E-state index contributed by atoms with van der Waals surface area (Å²) in [7, 11) is 0. The first kappa shape index (κ1) is 19.3. The zero-order chi connectivity index (χ0) is 19.9. The minimum atomic E-state index is -0.461. The number of amides is 1. The van der Waals surface area contributed by atoms with E-state index < -0.39 is 6.04 Å². The van der Waals surface area contributed by atoms with E-state index in [0.29, 0.717) is 6.42 Å². The van der Waals surface area contributed by atoms with Crippen molar-refractivity contribution in [2.45, 2.75) is 37.9 Å². The molecule has 2 heterocycles. The monoisotopic (exact) mass is 390 g/mol. The van der Waals surface area contributed by atoms with Crippen molar-refractivity contribution in [3.63, 3.8) is 0 Å². The molecule has 29 heavy (non-hydrogen) atoms. The SMILES string of the molecule is O=C(N[C@@H]1CCCN(Cc2ccccc2)C1)[C@@H](Cc1ccccc1)n1cnnn1. The van der Waals surface area contributed by atoms with Gasteiger partial charge in [-0.05, 0) is 40.9 Å². The van der Waals surface area contributed by atoms with Crippen molar-refractivity contribution in [2.75, 3.05) is 13.1 Å². The zero-order valence-corrected chi connectivity index (χ0v) is 16.4. The Labute approximate surface area is 170 Å². The summed E-state index contributed by atoms with van der Waals surface area (Å²) in [5.74, 6) is -0.0345. The number of piperidine rings is 1. The van der Waals surface area contributed by atoms with Crippen LogP contribution in [0.25, 0.3) is 0 Å². The molecule has 7 nitrogen and oxygen atoms in total. The summed E-state index contributed by atoms with van der Waals surface area (Å²) in [5, 5.41) is 14.7. The lowest BCUT2D eigenvalue weighted by atomic mass is 10.0.